The van der Waals surface area contributed by atoms with Crippen LogP contribution >= 0.6 is 0 Å². The normalized spacial score (nSPS) is 20.4. The Bertz CT molecular complexity index is 463. The van der Waals surface area contributed by atoms with Crippen molar-refractivity contribution in [1.82, 2.24) is 15.1 Å². The summed E-state index contributed by atoms with van der Waals surface area (Å²) < 4.78 is 12.8. The molecule has 116 valence electrons. The zero-order valence-electron chi connectivity index (χ0n) is 12.8. The highest BCUT2D eigenvalue weighted by molar-refractivity contribution is 5.78. The van der Waals surface area contributed by atoms with Crippen LogP contribution in [0.5, 0.6) is 0 Å². The maximum atomic E-state index is 12.8. The van der Waals surface area contributed by atoms with Gasteiger partial charge in [-0.2, -0.15) is 0 Å². The molecule has 1 N–H and O–H groups in total. The van der Waals surface area contributed by atoms with Crippen molar-refractivity contribution in [1.29, 1.82) is 0 Å². The summed E-state index contributed by atoms with van der Waals surface area (Å²) in [6.45, 7) is 6.14. The number of hydrogen-bond acceptors (Lipinski definition) is 3. The van der Waals surface area contributed by atoms with E-state index in [2.05, 4.69) is 29.1 Å². The lowest BCUT2D eigenvalue weighted by atomic mass is 10.1. The molecule has 1 aromatic rings. The molecule has 0 radical (unpaired) electrons. The Balaban J connectivity index is 1.69. The van der Waals surface area contributed by atoms with E-state index in [1.54, 1.807) is 12.1 Å². The molecule has 1 heterocycles. The summed E-state index contributed by atoms with van der Waals surface area (Å²) in [5.41, 5.74) is 1.03. The second-order valence-corrected chi connectivity index (χ2v) is 5.81. The number of rotatable bonds is 5. The highest BCUT2D eigenvalue weighted by Gasteiger charge is 2.22. The van der Waals surface area contributed by atoms with E-state index in [4.69, 9.17) is 0 Å². The minimum absolute atomic E-state index is 0.0634. The van der Waals surface area contributed by atoms with E-state index in [0.717, 1.165) is 31.6 Å². The van der Waals surface area contributed by atoms with Gasteiger partial charge >= 0.3 is 0 Å². The largest absolute Gasteiger partial charge is 0.355 e. The molecule has 0 aromatic heterocycles. The molecule has 5 heteroatoms. The van der Waals surface area contributed by atoms with Crippen LogP contribution in [-0.4, -0.2) is 61.5 Å². The van der Waals surface area contributed by atoms with E-state index in [1.807, 2.05) is 0 Å². The third-order valence-electron chi connectivity index (χ3n) is 3.96. The molecule has 1 saturated heterocycles. The van der Waals surface area contributed by atoms with E-state index < -0.39 is 0 Å². The van der Waals surface area contributed by atoms with Gasteiger partial charge in [0.1, 0.15) is 5.82 Å². The Hall–Kier alpha value is -1.46. The van der Waals surface area contributed by atoms with Crippen LogP contribution < -0.4 is 5.32 Å². The van der Waals surface area contributed by atoms with Gasteiger partial charge in [-0.25, -0.2) is 4.39 Å². The molecule has 21 heavy (non-hydrogen) atoms. The number of halogens is 1. The summed E-state index contributed by atoms with van der Waals surface area (Å²) in [5.74, 6) is -0.166. The van der Waals surface area contributed by atoms with Crippen molar-refractivity contribution < 1.29 is 9.18 Å². The molecule has 2 rings (SSSR count). The molecule has 1 fully saturated rings. The van der Waals surface area contributed by atoms with Crippen LogP contribution in [0.15, 0.2) is 24.3 Å². The van der Waals surface area contributed by atoms with Crippen molar-refractivity contribution in [2.24, 2.45) is 0 Å². The van der Waals surface area contributed by atoms with Crippen molar-refractivity contribution in [3.8, 4) is 0 Å². The molecule has 0 unspecified atom stereocenters. The third kappa shape index (κ3) is 5.10. The first-order valence-corrected chi connectivity index (χ1v) is 7.48. The van der Waals surface area contributed by atoms with Crippen LogP contribution in [-0.2, 0) is 11.2 Å². The van der Waals surface area contributed by atoms with Gasteiger partial charge in [-0.05, 0) is 38.1 Å². The molecule has 1 aliphatic heterocycles. The molecule has 0 bridgehead atoms. The average Bonchev–Trinajstić information content (AvgIpc) is 2.44. The van der Waals surface area contributed by atoms with Crippen molar-refractivity contribution in [2.75, 3.05) is 39.8 Å². The smallest absolute Gasteiger partial charge is 0.234 e. The van der Waals surface area contributed by atoms with Gasteiger partial charge < -0.3 is 10.2 Å². The van der Waals surface area contributed by atoms with Crippen molar-refractivity contribution >= 4 is 5.91 Å². The lowest BCUT2D eigenvalue weighted by Gasteiger charge is -2.37. The Morgan fingerprint density at radius 3 is 2.71 bits per heavy atom. The second-order valence-electron chi connectivity index (χ2n) is 5.81. The minimum atomic E-state index is -0.230. The Morgan fingerprint density at radius 1 is 1.33 bits per heavy atom. The van der Waals surface area contributed by atoms with Gasteiger partial charge in [0.05, 0.1) is 6.54 Å². The summed E-state index contributed by atoms with van der Waals surface area (Å²) in [4.78, 5) is 16.5. The topological polar surface area (TPSA) is 35.6 Å². The van der Waals surface area contributed by atoms with Gasteiger partial charge in [0.15, 0.2) is 0 Å². The first-order valence-electron chi connectivity index (χ1n) is 7.48. The fraction of sp³-hybridized carbons (Fsp3) is 0.562. The summed E-state index contributed by atoms with van der Waals surface area (Å²) in [6.07, 6.45) is 0.726. The number of carbonyl (C=O) groups excluding carboxylic acids is 1. The zero-order valence-corrected chi connectivity index (χ0v) is 12.8. The summed E-state index contributed by atoms with van der Waals surface area (Å²) >= 11 is 0. The van der Waals surface area contributed by atoms with Crippen molar-refractivity contribution in [3.05, 3.63) is 35.6 Å². The first kappa shape index (κ1) is 15.9. The summed E-state index contributed by atoms with van der Waals surface area (Å²) in [6, 6.07) is 6.81. The van der Waals surface area contributed by atoms with Gasteiger partial charge in [0.25, 0.3) is 0 Å². The Kier molecular flexibility index (Phi) is 5.70. The van der Waals surface area contributed by atoms with Crippen molar-refractivity contribution in [2.45, 2.75) is 19.4 Å². The number of nitrogens with zero attached hydrogens (tertiary/aromatic N) is 2. The fourth-order valence-corrected chi connectivity index (χ4v) is 2.65. The van der Waals surface area contributed by atoms with Crippen molar-refractivity contribution in [3.63, 3.8) is 0 Å². The molecule has 1 atom stereocenters. The third-order valence-corrected chi connectivity index (χ3v) is 3.96. The molecular formula is C16H24FN3O. The maximum Gasteiger partial charge on any atom is 0.234 e. The van der Waals surface area contributed by atoms with E-state index in [1.165, 1.54) is 12.1 Å². The minimum Gasteiger partial charge on any atom is -0.355 e. The average molecular weight is 293 g/mol. The van der Waals surface area contributed by atoms with Gasteiger partial charge in [-0.1, -0.05) is 12.1 Å². The van der Waals surface area contributed by atoms with Crippen LogP contribution in [0.4, 0.5) is 4.39 Å². The standard InChI is InChI=1S/C16H24FN3O/c1-13-11-19(2)9-10-20(13)12-16(21)18-8-7-14-3-5-15(17)6-4-14/h3-6,13H,7-12H2,1-2H3,(H,18,21)/t13-/m0/s1. The van der Waals surface area contributed by atoms with Crippen LogP contribution in [0.1, 0.15) is 12.5 Å². The number of benzene rings is 1. The van der Waals surface area contributed by atoms with Crippen LogP contribution in [0.2, 0.25) is 0 Å². The number of carbonyl (C=O) groups is 1. The predicted octanol–water partition coefficient (Wildman–Crippen LogP) is 1.12. The van der Waals surface area contributed by atoms with Gasteiger partial charge in [0.2, 0.25) is 5.91 Å². The van der Waals surface area contributed by atoms with Crippen LogP contribution in [0.25, 0.3) is 0 Å². The highest BCUT2D eigenvalue weighted by Crippen LogP contribution is 2.07. The van der Waals surface area contributed by atoms with Crippen LogP contribution in [0.3, 0.4) is 0 Å². The SMILES string of the molecule is C[C@H]1CN(C)CCN1CC(=O)NCCc1ccc(F)cc1. The number of hydrogen-bond donors (Lipinski definition) is 1. The molecular weight excluding hydrogens is 269 g/mol. The second kappa shape index (κ2) is 7.52. The molecule has 1 aromatic carbocycles. The van der Waals surface area contributed by atoms with E-state index in [9.17, 15) is 9.18 Å². The predicted molar refractivity (Wildman–Crippen MR) is 81.6 cm³/mol. The van der Waals surface area contributed by atoms with Crippen LogP contribution in [0, 0.1) is 5.82 Å². The van der Waals surface area contributed by atoms with E-state index >= 15 is 0 Å². The molecule has 0 spiro atoms. The van der Waals surface area contributed by atoms with E-state index in [-0.39, 0.29) is 11.7 Å². The molecule has 4 nitrogen and oxygen atoms in total. The maximum absolute atomic E-state index is 12.8. The highest BCUT2D eigenvalue weighted by atomic mass is 19.1. The molecule has 0 aliphatic carbocycles. The quantitative estimate of drug-likeness (QED) is 0.884. The van der Waals surface area contributed by atoms with Gasteiger partial charge in [0, 0.05) is 32.2 Å². The lowest BCUT2D eigenvalue weighted by Crippen LogP contribution is -2.53. The zero-order chi connectivity index (χ0) is 15.2. The first-order chi connectivity index (χ1) is 10.0. The molecule has 1 amide bonds. The number of piperazine rings is 1. The van der Waals surface area contributed by atoms with E-state index in [0.29, 0.717) is 19.1 Å². The number of likely N-dealkylation sites (N-methyl/N-ethyl adjacent to an activating group) is 1. The summed E-state index contributed by atoms with van der Waals surface area (Å²) in [7, 11) is 2.11. The molecule has 0 saturated carbocycles. The Labute approximate surface area is 125 Å². The monoisotopic (exact) mass is 293 g/mol. The van der Waals surface area contributed by atoms with Gasteiger partial charge in [-0.15, -0.1) is 0 Å². The fourth-order valence-electron chi connectivity index (χ4n) is 2.65. The lowest BCUT2D eigenvalue weighted by molar-refractivity contribution is -0.123. The summed E-state index contributed by atoms with van der Waals surface area (Å²) in [5, 5.41) is 2.94. The number of amides is 1. The molecule has 1 aliphatic rings. The Morgan fingerprint density at radius 2 is 2.05 bits per heavy atom. The number of nitrogens with one attached hydrogen (secondary N) is 1. The van der Waals surface area contributed by atoms with Gasteiger partial charge in [-0.3, -0.25) is 9.69 Å².